The zero-order valence-electron chi connectivity index (χ0n) is 13.1. The van der Waals surface area contributed by atoms with Crippen molar-refractivity contribution < 1.29 is 4.79 Å². The molecule has 0 aromatic rings. The van der Waals surface area contributed by atoms with Crippen LogP contribution in [0.5, 0.6) is 0 Å². The third-order valence-electron chi connectivity index (χ3n) is 5.97. The summed E-state index contributed by atoms with van der Waals surface area (Å²) < 4.78 is 0. The SMILES string of the molecule is Cl.NCC1CCCCC1NC(=O)C1CC1C1CCCCC1. The summed E-state index contributed by atoms with van der Waals surface area (Å²) in [6.07, 6.45) is 12.9. The lowest BCUT2D eigenvalue weighted by molar-refractivity contribution is -0.124. The Morgan fingerprint density at radius 3 is 2.38 bits per heavy atom. The van der Waals surface area contributed by atoms with Crippen LogP contribution in [-0.4, -0.2) is 18.5 Å². The molecule has 3 fully saturated rings. The molecule has 4 atom stereocenters. The number of nitrogens with two attached hydrogens (primary N) is 1. The van der Waals surface area contributed by atoms with E-state index in [1.807, 2.05) is 0 Å². The topological polar surface area (TPSA) is 55.1 Å². The molecule has 0 aromatic heterocycles. The van der Waals surface area contributed by atoms with Crippen LogP contribution in [0.1, 0.15) is 64.2 Å². The molecule has 3 aliphatic carbocycles. The minimum absolute atomic E-state index is 0. The van der Waals surface area contributed by atoms with Crippen LogP contribution in [0, 0.1) is 23.7 Å². The van der Waals surface area contributed by atoms with Crippen molar-refractivity contribution in [3.63, 3.8) is 0 Å². The summed E-state index contributed by atoms with van der Waals surface area (Å²) >= 11 is 0. The molecule has 4 unspecified atom stereocenters. The van der Waals surface area contributed by atoms with E-state index in [0.717, 1.165) is 25.3 Å². The zero-order valence-corrected chi connectivity index (χ0v) is 13.9. The second kappa shape index (κ2) is 7.82. The number of rotatable bonds is 4. The minimum atomic E-state index is 0. The van der Waals surface area contributed by atoms with Gasteiger partial charge in [0.2, 0.25) is 5.91 Å². The smallest absolute Gasteiger partial charge is 0.223 e. The van der Waals surface area contributed by atoms with Gasteiger partial charge < -0.3 is 11.1 Å². The molecular weight excluding hydrogens is 284 g/mol. The molecular formula is C17H31ClN2O. The average Bonchev–Trinajstić information content (AvgIpc) is 3.29. The molecule has 0 radical (unpaired) electrons. The fourth-order valence-electron chi connectivity index (χ4n) is 4.57. The van der Waals surface area contributed by atoms with Gasteiger partial charge in [-0.1, -0.05) is 44.9 Å². The first-order valence-corrected chi connectivity index (χ1v) is 8.80. The zero-order chi connectivity index (χ0) is 13.9. The Labute approximate surface area is 135 Å². The molecule has 3 N–H and O–H groups in total. The van der Waals surface area contributed by atoms with E-state index in [1.54, 1.807) is 0 Å². The van der Waals surface area contributed by atoms with E-state index in [-0.39, 0.29) is 12.4 Å². The lowest BCUT2D eigenvalue weighted by Gasteiger charge is -2.31. The van der Waals surface area contributed by atoms with Crippen molar-refractivity contribution in [3.05, 3.63) is 0 Å². The fourth-order valence-corrected chi connectivity index (χ4v) is 4.57. The van der Waals surface area contributed by atoms with Crippen LogP contribution in [0.3, 0.4) is 0 Å². The Hall–Kier alpha value is -0.280. The maximum atomic E-state index is 12.4. The minimum Gasteiger partial charge on any atom is -0.353 e. The molecule has 3 rings (SSSR count). The largest absolute Gasteiger partial charge is 0.353 e. The van der Waals surface area contributed by atoms with Crippen LogP contribution in [0.4, 0.5) is 0 Å². The van der Waals surface area contributed by atoms with Gasteiger partial charge >= 0.3 is 0 Å². The van der Waals surface area contributed by atoms with Crippen LogP contribution in [0.25, 0.3) is 0 Å². The molecule has 1 amide bonds. The Morgan fingerprint density at radius 2 is 1.67 bits per heavy atom. The summed E-state index contributed by atoms with van der Waals surface area (Å²) in [6, 6.07) is 0.355. The molecule has 3 nitrogen and oxygen atoms in total. The summed E-state index contributed by atoms with van der Waals surface area (Å²) in [5, 5.41) is 3.33. The molecule has 21 heavy (non-hydrogen) atoms. The van der Waals surface area contributed by atoms with E-state index in [4.69, 9.17) is 5.73 Å². The number of hydrogen-bond donors (Lipinski definition) is 2. The van der Waals surface area contributed by atoms with Crippen LogP contribution in [0.15, 0.2) is 0 Å². The summed E-state index contributed by atoms with van der Waals surface area (Å²) in [5.41, 5.74) is 5.85. The summed E-state index contributed by atoms with van der Waals surface area (Å²) in [7, 11) is 0. The number of nitrogens with one attached hydrogen (secondary N) is 1. The lowest BCUT2D eigenvalue weighted by atomic mass is 9.84. The Kier molecular flexibility index (Phi) is 6.36. The summed E-state index contributed by atoms with van der Waals surface area (Å²) in [4.78, 5) is 12.4. The standard InChI is InChI=1S/C17H30N2O.ClH/c18-11-13-8-4-5-9-16(13)19-17(20)15-10-14(15)12-6-2-1-3-7-12;/h12-16H,1-11,18H2,(H,19,20);1H. The highest BCUT2D eigenvalue weighted by atomic mass is 35.5. The van der Waals surface area contributed by atoms with Crippen molar-refractivity contribution in [1.29, 1.82) is 0 Å². The highest BCUT2D eigenvalue weighted by Gasteiger charge is 2.47. The number of carbonyl (C=O) groups is 1. The quantitative estimate of drug-likeness (QED) is 0.837. The van der Waals surface area contributed by atoms with Gasteiger partial charge in [-0.05, 0) is 43.6 Å². The third kappa shape index (κ3) is 4.13. The molecule has 0 bridgehead atoms. The number of carbonyl (C=O) groups excluding carboxylic acids is 1. The Morgan fingerprint density at radius 1 is 1.00 bits per heavy atom. The molecule has 0 spiro atoms. The molecule has 122 valence electrons. The third-order valence-corrected chi connectivity index (χ3v) is 5.97. The van der Waals surface area contributed by atoms with Crippen LogP contribution >= 0.6 is 12.4 Å². The van der Waals surface area contributed by atoms with Gasteiger partial charge in [-0.2, -0.15) is 0 Å². The van der Waals surface area contributed by atoms with Crippen molar-refractivity contribution in [3.8, 4) is 0 Å². The second-order valence-corrected chi connectivity index (χ2v) is 7.30. The van der Waals surface area contributed by atoms with Gasteiger partial charge in [0, 0.05) is 12.0 Å². The highest BCUT2D eigenvalue weighted by molar-refractivity contribution is 5.85. The maximum Gasteiger partial charge on any atom is 0.223 e. The van der Waals surface area contributed by atoms with E-state index in [0.29, 0.717) is 29.7 Å². The first-order valence-electron chi connectivity index (χ1n) is 8.80. The summed E-state index contributed by atoms with van der Waals surface area (Å²) in [5.74, 6) is 2.73. The number of hydrogen-bond acceptors (Lipinski definition) is 2. The van der Waals surface area contributed by atoms with E-state index in [9.17, 15) is 4.79 Å². The molecule has 0 aliphatic heterocycles. The van der Waals surface area contributed by atoms with Crippen molar-refractivity contribution in [1.82, 2.24) is 5.32 Å². The van der Waals surface area contributed by atoms with E-state index in [1.165, 1.54) is 51.4 Å². The van der Waals surface area contributed by atoms with Gasteiger partial charge in [0.1, 0.15) is 0 Å². The molecule has 0 aromatic carbocycles. The van der Waals surface area contributed by atoms with E-state index < -0.39 is 0 Å². The highest BCUT2D eigenvalue weighted by Crippen LogP contribution is 2.49. The van der Waals surface area contributed by atoms with Crippen LogP contribution in [0.2, 0.25) is 0 Å². The monoisotopic (exact) mass is 314 g/mol. The lowest BCUT2D eigenvalue weighted by Crippen LogP contribution is -2.45. The first-order chi connectivity index (χ1) is 9.79. The predicted molar refractivity (Wildman–Crippen MR) is 88.4 cm³/mol. The van der Waals surface area contributed by atoms with Gasteiger partial charge in [-0.3, -0.25) is 4.79 Å². The van der Waals surface area contributed by atoms with E-state index in [2.05, 4.69) is 5.32 Å². The van der Waals surface area contributed by atoms with Crippen molar-refractivity contribution in [2.24, 2.45) is 29.4 Å². The van der Waals surface area contributed by atoms with Crippen LogP contribution in [-0.2, 0) is 4.79 Å². The van der Waals surface area contributed by atoms with Gasteiger partial charge in [0.15, 0.2) is 0 Å². The Balaban J connectivity index is 0.00000161. The first kappa shape index (κ1) is 17.1. The van der Waals surface area contributed by atoms with Gasteiger partial charge in [0.25, 0.3) is 0 Å². The molecule has 3 saturated carbocycles. The predicted octanol–water partition coefficient (Wildman–Crippen LogP) is 3.26. The van der Waals surface area contributed by atoms with Gasteiger partial charge in [-0.15, -0.1) is 12.4 Å². The van der Waals surface area contributed by atoms with Crippen molar-refractivity contribution in [2.45, 2.75) is 70.3 Å². The van der Waals surface area contributed by atoms with Crippen molar-refractivity contribution >= 4 is 18.3 Å². The Bertz CT molecular complexity index is 344. The van der Waals surface area contributed by atoms with Gasteiger partial charge in [0.05, 0.1) is 0 Å². The molecule has 0 saturated heterocycles. The fraction of sp³-hybridized carbons (Fsp3) is 0.941. The van der Waals surface area contributed by atoms with E-state index >= 15 is 0 Å². The average molecular weight is 315 g/mol. The molecule has 3 aliphatic rings. The maximum absolute atomic E-state index is 12.4. The number of amides is 1. The molecule has 0 heterocycles. The van der Waals surface area contributed by atoms with Crippen LogP contribution < -0.4 is 11.1 Å². The van der Waals surface area contributed by atoms with Crippen molar-refractivity contribution in [2.75, 3.05) is 6.54 Å². The molecule has 4 heteroatoms. The summed E-state index contributed by atoms with van der Waals surface area (Å²) in [6.45, 7) is 0.724. The normalized spacial score (nSPS) is 36.6. The number of halogens is 1. The van der Waals surface area contributed by atoms with Gasteiger partial charge in [-0.25, -0.2) is 0 Å². The second-order valence-electron chi connectivity index (χ2n) is 7.30.